The minimum atomic E-state index is 0.354. The Morgan fingerprint density at radius 2 is 2.44 bits per heavy atom. The normalized spacial score (nSPS) is 10.8. The van der Waals surface area contributed by atoms with E-state index in [2.05, 4.69) is 15.0 Å². The van der Waals surface area contributed by atoms with Gasteiger partial charge in [0, 0.05) is 18.4 Å². The Kier molecular flexibility index (Phi) is 2.89. The van der Waals surface area contributed by atoms with Crippen molar-refractivity contribution in [1.29, 1.82) is 0 Å². The average molecular weight is 214 g/mol. The van der Waals surface area contributed by atoms with Crippen LogP contribution in [0, 0.1) is 6.92 Å². The van der Waals surface area contributed by atoms with Gasteiger partial charge >= 0.3 is 0 Å². The summed E-state index contributed by atoms with van der Waals surface area (Å²) in [4.78, 5) is 6.90. The number of nitrogens with zero attached hydrogens (tertiary/aromatic N) is 4. The highest BCUT2D eigenvalue weighted by Crippen LogP contribution is 2.17. The van der Waals surface area contributed by atoms with Crippen LogP contribution in [0.5, 0.6) is 0 Å². The number of aryl methyl sites for hydroxylation is 1. The zero-order valence-corrected chi connectivity index (χ0v) is 8.79. The van der Waals surface area contributed by atoms with Crippen molar-refractivity contribution >= 4 is 17.2 Å². The van der Waals surface area contributed by atoms with Gasteiger partial charge in [-0.15, -0.1) is 0 Å². The zero-order chi connectivity index (χ0) is 11.4. The maximum atomic E-state index is 8.11. The van der Waals surface area contributed by atoms with E-state index >= 15 is 0 Å². The Balaban J connectivity index is 2.25. The third-order valence-corrected chi connectivity index (χ3v) is 2.08. The molecule has 2 aromatic rings. The van der Waals surface area contributed by atoms with Crippen molar-refractivity contribution < 1.29 is 4.42 Å². The zero-order valence-electron chi connectivity index (χ0n) is 8.79. The lowest BCUT2D eigenvalue weighted by Gasteiger charge is -1.91. The lowest BCUT2D eigenvalue weighted by molar-refractivity contribution is 0.561. The summed E-state index contributed by atoms with van der Waals surface area (Å²) in [5, 5.41) is 3.41. The van der Waals surface area contributed by atoms with Gasteiger partial charge in [-0.05, 0) is 23.2 Å². The molecular weight excluding hydrogens is 204 g/mol. The molecule has 1 aromatic carbocycles. The summed E-state index contributed by atoms with van der Waals surface area (Å²) in [6.45, 7) is 2.17. The molecule has 0 spiro atoms. The topological polar surface area (TPSA) is 74.8 Å². The van der Waals surface area contributed by atoms with E-state index in [0.29, 0.717) is 12.4 Å². The minimum absolute atomic E-state index is 0.354. The second kappa shape index (κ2) is 4.51. The molecule has 0 unspecified atom stereocenters. The smallest absolute Gasteiger partial charge is 0.192 e. The Labute approximate surface area is 92.0 Å². The lowest BCUT2D eigenvalue weighted by atomic mass is 10.2. The fraction of sp³-hybridized carbons (Fsp3) is 0.182. The number of hydrogen-bond acceptors (Lipinski definition) is 3. The van der Waals surface area contributed by atoms with Gasteiger partial charge in [0.15, 0.2) is 11.5 Å². The summed E-state index contributed by atoms with van der Waals surface area (Å²) in [6, 6.07) is 5.74. The highest BCUT2D eigenvalue weighted by atomic mass is 16.3. The maximum Gasteiger partial charge on any atom is 0.192 e. The van der Waals surface area contributed by atoms with E-state index in [9.17, 15) is 0 Å². The first-order valence-electron chi connectivity index (χ1n) is 4.84. The molecule has 0 N–H and O–H groups in total. The number of hydrogen-bond donors (Lipinski definition) is 0. The van der Waals surface area contributed by atoms with E-state index < -0.39 is 0 Å². The first-order chi connectivity index (χ1) is 7.79. The molecule has 0 aliphatic carbocycles. The molecule has 5 heteroatoms. The number of fused-ring (bicyclic) bond motifs is 1. The van der Waals surface area contributed by atoms with Crippen LogP contribution in [0.2, 0.25) is 0 Å². The largest absolute Gasteiger partial charge is 0.441 e. The molecule has 0 saturated carbocycles. The molecular formula is C11H10N4O. The van der Waals surface area contributed by atoms with E-state index in [1.807, 2.05) is 31.2 Å². The molecule has 0 saturated heterocycles. The number of benzene rings is 1. The van der Waals surface area contributed by atoms with E-state index in [1.165, 1.54) is 0 Å². The van der Waals surface area contributed by atoms with Crippen LogP contribution in [-0.2, 0) is 0 Å². The molecule has 0 amide bonds. The van der Waals surface area contributed by atoms with Crippen molar-refractivity contribution in [3.8, 4) is 0 Å². The molecule has 0 bridgehead atoms. The predicted octanol–water partition coefficient (Wildman–Crippen LogP) is 3.46. The Morgan fingerprint density at radius 3 is 3.25 bits per heavy atom. The molecule has 0 aliphatic rings. The third-order valence-electron chi connectivity index (χ3n) is 2.08. The van der Waals surface area contributed by atoms with Crippen LogP contribution in [0.25, 0.3) is 27.6 Å². The van der Waals surface area contributed by atoms with Crippen LogP contribution in [0.15, 0.2) is 33.8 Å². The fourth-order valence-corrected chi connectivity index (χ4v) is 1.44. The second-order valence-corrected chi connectivity index (χ2v) is 3.28. The van der Waals surface area contributed by atoms with Crippen LogP contribution < -0.4 is 0 Å². The van der Waals surface area contributed by atoms with Gasteiger partial charge in [0.2, 0.25) is 0 Å². The van der Waals surface area contributed by atoms with E-state index in [4.69, 9.17) is 9.95 Å². The summed E-state index contributed by atoms with van der Waals surface area (Å²) in [5.74, 6) is 0.658. The SMILES string of the molecule is Cc1nc2cc(C=CCN=[N+]=[N-])ccc2o1. The maximum absolute atomic E-state index is 8.11. The van der Waals surface area contributed by atoms with Crippen LogP contribution in [-0.4, -0.2) is 11.5 Å². The molecule has 1 aromatic heterocycles. The van der Waals surface area contributed by atoms with Crippen LogP contribution in [0.4, 0.5) is 0 Å². The monoisotopic (exact) mass is 214 g/mol. The first-order valence-corrected chi connectivity index (χ1v) is 4.84. The highest BCUT2D eigenvalue weighted by molar-refractivity contribution is 5.76. The molecule has 80 valence electrons. The number of rotatable bonds is 3. The summed E-state index contributed by atoms with van der Waals surface area (Å²) < 4.78 is 5.36. The third kappa shape index (κ3) is 2.21. The molecule has 1 heterocycles. The van der Waals surface area contributed by atoms with Gasteiger partial charge in [0.1, 0.15) is 5.52 Å². The molecule has 0 atom stereocenters. The average Bonchev–Trinajstić information content (AvgIpc) is 2.64. The standard InChI is InChI=1S/C11H10N4O/c1-8-14-10-7-9(3-2-6-13-15-12)4-5-11(10)16-8/h2-5,7H,6H2,1H3. The van der Waals surface area contributed by atoms with Crippen molar-refractivity contribution in [3.05, 3.63) is 46.2 Å². The van der Waals surface area contributed by atoms with Gasteiger partial charge in [0.05, 0.1) is 0 Å². The van der Waals surface area contributed by atoms with E-state index in [1.54, 1.807) is 6.08 Å². The molecule has 2 rings (SSSR count). The molecule has 5 nitrogen and oxygen atoms in total. The first kappa shape index (κ1) is 10.3. The van der Waals surface area contributed by atoms with E-state index in [0.717, 1.165) is 16.7 Å². The number of oxazole rings is 1. The van der Waals surface area contributed by atoms with Gasteiger partial charge in [-0.3, -0.25) is 0 Å². The Hall–Kier alpha value is -2.26. The van der Waals surface area contributed by atoms with E-state index in [-0.39, 0.29) is 0 Å². The van der Waals surface area contributed by atoms with Gasteiger partial charge in [-0.2, -0.15) is 0 Å². The summed E-state index contributed by atoms with van der Waals surface area (Å²) in [6.07, 6.45) is 3.69. The summed E-state index contributed by atoms with van der Waals surface area (Å²) in [5.41, 5.74) is 10.7. The Bertz CT molecular complexity index is 579. The van der Waals surface area contributed by atoms with Crippen molar-refractivity contribution in [2.45, 2.75) is 6.92 Å². The van der Waals surface area contributed by atoms with Gasteiger partial charge in [-0.25, -0.2) is 4.98 Å². The highest BCUT2D eigenvalue weighted by Gasteiger charge is 2.00. The predicted molar refractivity (Wildman–Crippen MR) is 61.8 cm³/mol. The van der Waals surface area contributed by atoms with Crippen molar-refractivity contribution in [3.63, 3.8) is 0 Å². The molecule has 0 aliphatic heterocycles. The molecule has 0 fully saturated rings. The van der Waals surface area contributed by atoms with Crippen molar-refractivity contribution in [1.82, 2.24) is 4.98 Å². The number of azide groups is 1. The minimum Gasteiger partial charge on any atom is -0.441 e. The fourth-order valence-electron chi connectivity index (χ4n) is 1.44. The number of aromatic nitrogens is 1. The van der Waals surface area contributed by atoms with Gasteiger partial charge in [0.25, 0.3) is 0 Å². The van der Waals surface area contributed by atoms with Gasteiger partial charge in [-0.1, -0.05) is 23.3 Å². The van der Waals surface area contributed by atoms with Crippen LogP contribution in [0.3, 0.4) is 0 Å². The lowest BCUT2D eigenvalue weighted by Crippen LogP contribution is -1.74. The molecule has 16 heavy (non-hydrogen) atoms. The van der Waals surface area contributed by atoms with Crippen molar-refractivity contribution in [2.24, 2.45) is 5.11 Å². The quantitative estimate of drug-likeness (QED) is 0.445. The summed E-state index contributed by atoms with van der Waals surface area (Å²) in [7, 11) is 0. The van der Waals surface area contributed by atoms with Gasteiger partial charge < -0.3 is 4.42 Å². The van der Waals surface area contributed by atoms with Crippen LogP contribution >= 0.6 is 0 Å². The summed E-state index contributed by atoms with van der Waals surface area (Å²) >= 11 is 0. The van der Waals surface area contributed by atoms with Crippen LogP contribution in [0.1, 0.15) is 11.5 Å². The Morgan fingerprint density at radius 1 is 1.56 bits per heavy atom. The molecule has 0 radical (unpaired) electrons. The van der Waals surface area contributed by atoms with Crippen molar-refractivity contribution in [2.75, 3.05) is 6.54 Å². The second-order valence-electron chi connectivity index (χ2n) is 3.28.